The highest BCUT2D eigenvalue weighted by atomic mass is 16.5. The third kappa shape index (κ3) is 3.98. The molecule has 0 aliphatic carbocycles. The Morgan fingerprint density at radius 3 is 2.44 bits per heavy atom. The molecule has 140 valence electrons. The Hall–Kier alpha value is -3.19. The molecule has 2 aromatic carbocycles. The predicted molar refractivity (Wildman–Crippen MR) is 103 cm³/mol. The van der Waals surface area contributed by atoms with Crippen molar-refractivity contribution < 1.29 is 14.3 Å². The van der Waals surface area contributed by atoms with Crippen LogP contribution in [-0.4, -0.2) is 43.1 Å². The van der Waals surface area contributed by atoms with Gasteiger partial charge in [0.25, 0.3) is 11.5 Å². The number of amides is 1. The summed E-state index contributed by atoms with van der Waals surface area (Å²) in [6.45, 7) is 1.02. The maximum Gasteiger partial charge on any atom is 0.279 e. The van der Waals surface area contributed by atoms with E-state index in [9.17, 15) is 9.59 Å². The van der Waals surface area contributed by atoms with Crippen LogP contribution in [0.4, 0.5) is 0 Å². The van der Waals surface area contributed by atoms with Gasteiger partial charge in [0.05, 0.1) is 18.2 Å². The van der Waals surface area contributed by atoms with E-state index in [1.54, 1.807) is 62.8 Å². The van der Waals surface area contributed by atoms with E-state index in [1.807, 2.05) is 0 Å². The van der Waals surface area contributed by atoms with Gasteiger partial charge in [-0.3, -0.25) is 9.59 Å². The van der Waals surface area contributed by atoms with Crippen LogP contribution in [0.1, 0.15) is 16.9 Å². The predicted octanol–water partition coefficient (Wildman–Crippen LogP) is 2.16. The van der Waals surface area contributed by atoms with Crippen molar-refractivity contribution >= 4 is 16.7 Å². The third-order valence-corrected chi connectivity index (χ3v) is 4.15. The van der Waals surface area contributed by atoms with Gasteiger partial charge in [0, 0.05) is 25.6 Å². The summed E-state index contributed by atoms with van der Waals surface area (Å²) >= 11 is 0. The molecule has 0 unspecified atom stereocenters. The Morgan fingerprint density at radius 1 is 1.07 bits per heavy atom. The molecule has 1 heterocycles. The highest BCUT2D eigenvalue weighted by Gasteiger charge is 2.17. The molecule has 0 spiro atoms. The number of carbonyl (C=O) groups is 1. The van der Waals surface area contributed by atoms with Crippen LogP contribution >= 0.6 is 0 Å². The van der Waals surface area contributed by atoms with Gasteiger partial charge in [-0.15, -0.1) is 0 Å². The van der Waals surface area contributed by atoms with E-state index in [4.69, 9.17) is 9.47 Å². The summed E-state index contributed by atoms with van der Waals surface area (Å²) in [7, 11) is 3.18. The number of rotatable bonds is 7. The quantitative estimate of drug-likeness (QED) is 0.647. The van der Waals surface area contributed by atoms with Gasteiger partial charge in [-0.2, -0.15) is 9.78 Å². The number of carbonyl (C=O) groups excluding carboxylic acids is 1. The molecular weight excluding hydrogens is 346 g/mol. The minimum Gasteiger partial charge on any atom is -0.497 e. The number of methoxy groups -OCH3 is 2. The van der Waals surface area contributed by atoms with E-state index in [1.165, 1.54) is 4.68 Å². The molecule has 1 amide bonds. The van der Waals surface area contributed by atoms with Crippen molar-refractivity contribution in [1.82, 2.24) is 15.1 Å². The fraction of sp³-hybridized carbons (Fsp3) is 0.250. The number of nitrogens with zero attached hydrogens (tertiary/aromatic N) is 2. The van der Waals surface area contributed by atoms with Gasteiger partial charge in [0.15, 0.2) is 5.69 Å². The van der Waals surface area contributed by atoms with Crippen molar-refractivity contribution in [2.45, 2.75) is 6.42 Å². The number of ether oxygens (including phenoxy) is 2. The fourth-order valence-electron chi connectivity index (χ4n) is 2.76. The molecule has 1 aromatic heterocycles. The van der Waals surface area contributed by atoms with Crippen LogP contribution in [0.2, 0.25) is 0 Å². The molecule has 3 rings (SSSR count). The first-order chi connectivity index (χ1) is 13.2. The van der Waals surface area contributed by atoms with Crippen molar-refractivity contribution in [3.05, 3.63) is 64.6 Å². The van der Waals surface area contributed by atoms with Crippen molar-refractivity contribution in [3.8, 4) is 11.4 Å². The summed E-state index contributed by atoms with van der Waals surface area (Å²) in [5.41, 5.74) is 0.477. The molecule has 1 N–H and O–H groups in total. The monoisotopic (exact) mass is 367 g/mol. The van der Waals surface area contributed by atoms with Crippen LogP contribution in [-0.2, 0) is 4.74 Å². The highest BCUT2D eigenvalue weighted by Crippen LogP contribution is 2.17. The lowest BCUT2D eigenvalue weighted by Crippen LogP contribution is -2.30. The van der Waals surface area contributed by atoms with Crippen molar-refractivity contribution in [2.24, 2.45) is 0 Å². The molecule has 0 fully saturated rings. The van der Waals surface area contributed by atoms with Crippen molar-refractivity contribution in [3.63, 3.8) is 0 Å². The number of hydrogen-bond acceptors (Lipinski definition) is 5. The second-order valence-corrected chi connectivity index (χ2v) is 5.91. The summed E-state index contributed by atoms with van der Waals surface area (Å²) in [6, 6.07) is 13.9. The first-order valence-corrected chi connectivity index (χ1v) is 8.59. The Bertz CT molecular complexity index is 996. The van der Waals surface area contributed by atoms with Crippen LogP contribution in [0.3, 0.4) is 0 Å². The molecule has 27 heavy (non-hydrogen) atoms. The lowest BCUT2D eigenvalue weighted by molar-refractivity contribution is 0.0944. The average molecular weight is 367 g/mol. The molecule has 0 saturated carbocycles. The van der Waals surface area contributed by atoms with E-state index in [-0.39, 0.29) is 17.2 Å². The van der Waals surface area contributed by atoms with E-state index in [0.717, 1.165) is 0 Å². The second-order valence-electron chi connectivity index (χ2n) is 5.91. The number of fused-ring (bicyclic) bond motifs is 1. The van der Waals surface area contributed by atoms with Crippen molar-refractivity contribution in [1.29, 1.82) is 0 Å². The van der Waals surface area contributed by atoms with E-state index in [2.05, 4.69) is 10.4 Å². The summed E-state index contributed by atoms with van der Waals surface area (Å²) in [4.78, 5) is 25.5. The van der Waals surface area contributed by atoms with Gasteiger partial charge in [-0.05, 0) is 36.8 Å². The first-order valence-electron chi connectivity index (χ1n) is 8.59. The number of aromatic nitrogens is 2. The lowest BCUT2D eigenvalue weighted by atomic mass is 10.1. The summed E-state index contributed by atoms with van der Waals surface area (Å²) in [5, 5.41) is 8.13. The van der Waals surface area contributed by atoms with Crippen LogP contribution < -0.4 is 15.6 Å². The number of benzene rings is 2. The van der Waals surface area contributed by atoms with E-state index < -0.39 is 0 Å². The molecule has 0 bridgehead atoms. The van der Waals surface area contributed by atoms with Gasteiger partial charge in [-0.1, -0.05) is 18.2 Å². The minimum atomic E-state index is -0.329. The minimum absolute atomic E-state index is 0.207. The van der Waals surface area contributed by atoms with Crippen molar-refractivity contribution in [2.75, 3.05) is 27.4 Å². The smallest absolute Gasteiger partial charge is 0.279 e. The standard InChI is InChI=1S/C20H21N3O4/c1-26-13-5-12-21-19(24)18-16-6-3-4-7-17(16)20(25)23(22-18)14-8-10-15(27-2)11-9-14/h3-4,6-11H,5,12-13H2,1-2H3,(H,21,24). The Morgan fingerprint density at radius 2 is 1.78 bits per heavy atom. The second kappa shape index (κ2) is 8.46. The largest absolute Gasteiger partial charge is 0.497 e. The first kappa shape index (κ1) is 18.6. The molecule has 0 aliphatic heterocycles. The van der Waals surface area contributed by atoms with Gasteiger partial charge in [-0.25, -0.2) is 0 Å². The molecule has 0 aliphatic rings. The van der Waals surface area contributed by atoms with Crippen LogP contribution in [0.15, 0.2) is 53.3 Å². The Labute approximate surface area is 156 Å². The average Bonchev–Trinajstić information content (AvgIpc) is 2.72. The molecule has 7 heteroatoms. The van der Waals surface area contributed by atoms with Crippen LogP contribution in [0.5, 0.6) is 5.75 Å². The normalized spacial score (nSPS) is 10.7. The molecule has 0 atom stereocenters. The van der Waals surface area contributed by atoms with E-state index in [0.29, 0.717) is 41.8 Å². The van der Waals surface area contributed by atoms with Gasteiger partial charge in [0.1, 0.15) is 5.75 Å². The molecule has 0 radical (unpaired) electrons. The van der Waals surface area contributed by atoms with E-state index >= 15 is 0 Å². The zero-order chi connectivity index (χ0) is 19.2. The summed E-state index contributed by atoms with van der Waals surface area (Å²) in [5.74, 6) is 0.341. The van der Waals surface area contributed by atoms with Gasteiger partial charge in [0.2, 0.25) is 0 Å². The Balaban J connectivity index is 2.05. The van der Waals surface area contributed by atoms with Gasteiger partial charge < -0.3 is 14.8 Å². The van der Waals surface area contributed by atoms with Gasteiger partial charge >= 0.3 is 0 Å². The maximum absolute atomic E-state index is 12.9. The van der Waals surface area contributed by atoms with Crippen LogP contribution in [0.25, 0.3) is 16.5 Å². The lowest BCUT2D eigenvalue weighted by Gasteiger charge is -2.11. The molecular formula is C20H21N3O4. The molecule has 0 saturated heterocycles. The molecule has 3 aromatic rings. The number of hydrogen-bond donors (Lipinski definition) is 1. The zero-order valence-electron chi connectivity index (χ0n) is 15.3. The SMILES string of the molecule is COCCCNC(=O)c1nn(-c2ccc(OC)cc2)c(=O)c2ccccc12. The summed E-state index contributed by atoms with van der Waals surface area (Å²) < 4.78 is 11.4. The summed E-state index contributed by atoms with van der Waals surface area (Å²) in [6.07, 6.45) is 0.693. The maximum atomic E-state index is 12.9. The highest BCUT2D eigenvalue weighted by molar-refractivity contribution is 6.04. The molecule has 7 nitrogen and oxygen atoms in total. The Kier molecular flexibility index (Phi) is 5.83. The topological polar surface area (TPSA) is 82.4 Å². The third-order valence-electron chi connectivity index (χ3n) is 4.15. The van der Waals surface area contributed by atoms with Crippen LogP contribution in [0, 0.1) is 0 Å². The fourth-order valence-corrected chi connectivity index (χ4v) is 2.76. The number of nitrogens with one attached hydrogen (secondary N) is 1. The zero-order valence-corrected chi connectivity index (χ0v) is 15.3.